The van der Waals surface area contributed by atoms with Crippen molar-refractivity contribution in [1.82, 2.24) is 9.80 Å². The highest BCUT2D eigenvalue weighted by atomic mass is 35.5. The van der Waals surface area contributed by atoms with Crippen molar-refractivity contribution < 1.29 is 26.4 Å². The van der Waals surface area contributed by atoms with Crippen molar-refractivity contribution in [1.29, 1.82) is 0 Å². The first-order chi connectivity index (χ1) is 21.5. The second kappa shape index (κ2) is 17.1. The molecule has 45 heavy (non-hydrogen) atoms. The molecule has 0 aromatic heterocycles. The zero-order valence-electron chi connectivity index (χ0n) is 26.7. The smallest absolute Gasteiger partial charge is 0.411 e. The highest BCUT2D eigenvalue weighted by Crippen LogP contribution is 2.28. The van der Waals surface area contributed by atoms with Gasteiger partial charge in [0.2, 0.25) is 0 Å². The van der Waals surface area contributed by atoms with Crippen LogP contribution in [0.2, 0.25) is 0 Å². The predicted molar refractivity (Wildman–Crippen MR) is 180 cm³/mol. The Balaban J connectivity index is 0.00000461. The van der Waals surface area contributed by atoms with Gasteiger partial charge in [-0.3, -0.25) is 15.1 Å². The third-order valence-electron chi connectivity index (χ3n) is 8.88. The van der Waals surface area contributed by atoms with E-state index in [1.165, 1.54) is 11.1 Å². The van der Waals surface area contributed by atoms with Crippen LogP contribution in [0, 0.1) is 0 Å². The zero-order chi connectivity index (χ0) is 30.6. The van der Waals surface area contributed by atoms with Crippen LogP contribution in [0.5, 0.6) is 0 Å². The lowest BCUT2D eigenvalue weighted by Crippen LogP contribution is -3.00. The highest BCUT2D eigenvalue weighted by molar-refractivity contribution is 5.91. The number of hydrogen-bond donors (Lipinski definition) is 1. The molecule has 238 valence electrons. The first-order valence-corrected chi connectivity index (χ1v) is 15.9. The van der Waals surface area contributed by atoms with E-state index in [1.54, 1.807) is 0 Å². The van der Waals surface area contributed by atoms with Crippen molar-refractivity contribution in [2.45, 2.75) is 32.0 Å². The number of anilines is 1. The van der Waals surface area contributed by atoms with Gasteiger partial charge in [0.05, 0.1) is 31.9 Å². The molecule has 1 saturated heterocycles. The van der Waals surface area contributed by atoms with Crippen LogP contribution in [0.4, 0.5) is 10.5 Å². The van der Waals surface area contributed by atoms with Gasteiger partial charge in [-0.15, -0.1) is 0 Å². The summed E-state index contributed by atoms with van der Waals surface area (Å²) in [4.78, 5) is 17.9. The van der Waals surface area contributed by atoms with Crippen LogP contribution in [0.3, 0.4) is 0 Å². The Morgan fingerprint density at radius 1 is 0.711 bits per heavy atom. The fourth-order valence-electron chi connectivity index (χ4n) is 6.24. The maximum atomic E-state index is 13.1. The number of nitrogens with zero attached hydrogens (tertiary/aromatic N) is 3. The minimum Gasteiger partial charge on any atom is -1.00 e. The normalized spacial score (nSPS) is 14.6. The van der Waals surface area contributed by atoms with Gasteiger partial charge in [-0.25, -0.2) is 4.79 Å². The van der Waals surface area contributed by atoms with Crippen molar-refractivity contribution >= 4 is 11.8 Å². The van der Waals surface area contributed by atoms with Gasteiger partial charge in [-0.05, 0) is 36.9 Å². The van der Waals surface area contributed by atoms with Crippen LogP contribution in [0.15, 0.2) is 115 Å². The topological polar surface area (TPSA) is 44.8 Å². The Bertz CT molecular complexity index is 1380. The molecular formula is C38H47ClN4O2. The van der Waals surface area contributed by atoms with E-state index in [0.29, 0.717) is 0 Å². The minimum absolute atomic E-state index is 0. The lowest BCUT2D eigenvalue weighted by molar-refractivity contribution is -0.932. The average Bonchev–Trinajstić information content (AvgIpc) is 3.05. The van der Waals surface area contributed by atoms with Crippen LogP contribution in [0.1, 0.15) is 24.0 Å². The molecule has 1 N–H and O–H groups in total. The number of carbonyl (C=O) groups is 1. The molecule has 1 fully saturated rings. The van der Waals surface area contributed by atoms with Gasteiger partial charge in [0.15, 0.2) is 0 Å². The van der Waals surface area contributed by atoms with Crippen LogP contribution in [-0.2, 0) is 17.8 Å². The number of carbonyl (C=O) groups excluding carboxylic acids is 1. The van der Waals surface area contributed by atoms with E-state index in [2.05, 4.69) is 102 Å². The summed E-state index contributed by atoms with van der Waals surface area (Å²) in [5, 5.41) is 3.02. The standard InChI is InChI=1S/C38H46N4O2.ClH/c1-40(30-32-14-6-3-7-15-32)24-28-42(29-25-41(2)31-33-16-8-4-9-17-33)26-22-35(23-27-42)44-38(43)39-37-21-13-12-20-36(37)34-18-10-5-11-19-34;/h3-21,35H,22-31H2,1-2H3;1H. The molecule has 0 spiro atoms. The predicted octanol–water partition coefficient (Wildman–Crippen LogP) is 4.15. The van der Waals surface area contributed by atoms with E-state index in [-0.39, 0.29) is 24.6 Å². The van der Waals surface area contributed by atoms with Crippen molar-refractivity contribution in [2.75, 3.05) is 58.7 Å². The molecule has 0 bridgehead atoms. The Morgan fingerprint density at radius 2 is 1.18 bits per heavy atom. The number of amides is 1. The number of nitrogens with one attached hydrogen (secondary N) is 1. The lowest BCUT2D eigenvalue weighted by Gasteiger charge is -2.45. The monoisotopic (exact) mass is 626 g/mol. The molecule has 4 aromatic rings. The summed E-state index contributed by atoms with van der Waals surface area (Å²) in [6, 6.07) is 39.4. The first kappa shape index (κ1) is 34.2. The summed E-state index contributed by atoms with van der Waals surface area (Å²) < 4.78 is 7.06. The fraction of sp³-hybridized carbons (Fsp3) is 0.342. The quantitative estimate of drug-likeness (QED) is 0.227. The summed E-state index contributed by atoms with van der Waals surface area (Å²) in [5.74, 6) is 0. The maximum Gasteiger partial charge on any atom is 0.411 e. The molecule has 1 aliphatic heterocycles. The zero-order valence-corrected chi connectivity index (χ0v) is 27.4. The molecule has 0 radical (unpaired) electrons. The third kappa shape index (κ3) is 10.4. The SMILES string of the molecule is CN(CC[N+]1(CCN(C)Cc2ccccc2)CCC(OC(=O)Nc2ccccc2-c2ccccc2)CC1)Cc1ccccc1.[Cl-]. The molecule has 0 unspecified atom stereocenters. The number of ether oxygens (including phenoxy) is 1. The van der Waals surface area contributed by atoms with Gasteiger partial charge in [-0.1, -0.05) is 109 Å². The van der Waals surface area contributed by atoms with Crippen molar-refractivity contribution in [2.24, 2.45) is 0 Å². The van der Waals surface area contributed by atoms with E-state index in [9.17, 15) is 4.79 Å². The number of benzene rings is 4. The molecule has 7 heteroatoms. The van der Waals surface area contributed by atoms with Crippen LogP contribution >= 0.6 is 0 Å². The van der Waals surface area contributed by atoms with Gasteiger partial charge < -0.3 is 21.6 Å². The number of halogens is 1. The van der Waals surface area contributed by atoms with E-state index >= 15 is 0 Å². The van der Waals surface area contributed by atoms with Crippen LogP contribution in [-0.4, -0.2) is 79.8 Å². The molecule has 6 nitrogen and oxygen atoms in total. The number of likely N-dealkylation sites (tertiary alicyclic amines) is 1. The number of para-hydroxylation sites is 1. The molecule has 0 aliphatic carbocycles. The van der Waals surface area contributed by atoms with Crippen molar-refractivity contribution in [3.63, 3.8) is 0 Å². The van der Waals surface area contributed by atoms with Gasteiger partial charge >= 0.3 is 6.09 Å². The molecule has 1 aliphatic rings. The van der Waals surface area contributed by atoms with E-state index in [4.69, 9.17) is 4.74 Å². The van der Waals surface area contributed by atoms with Crippen molar-refractivity contribution in [3.05, 3.63) is 126 Å². The molecule has 5 rings (SSSR count). The Kier molecular flexibility index (Phi) is 13.0. The summed E-state index contributed by atoms with van der Waals surface area (Å²) in [5.41, 5.74) is 5.51. The van der Waals surface area contributed by atoms with Gasteiger partial charge in [0.25, 0.3) is 0 Å². The van der Waals surface area contributed by atoms with Gasteiger partial charge in [-0.2, -0.15) is 0 Å². The van der Waals surface area contributed by atoms with Crippen LogP contribution in [0.25, 0.3) is 11.1 Å². The number of quaternary nitrogens is 1. The third-order valence-corrected chi connectivity index (χ3v) is 8.88. The molecular weight excluding hydrogens is 580 g/mol. The second-order valence-corrected chi connectivity index (χ2v) is 12.3. The van der Waals surface area contributed by atoms with E-state index < -0.39 is 0 Å². The summed E-state index contributed by atoms with van der Waals surface area (Å²) in [6.45, 7) is 8.15. The number of hydrogen-bond acceptors (Lipinski definition) is 4. The largest absolute Gasteiger partial charge is 1.00 e. The molecule has 0 saturated carbocycles. The van der Waals surface area contributed by atoms with E-state index in [0.717, 1.165) is 86.5 Å². The molecule has 0 atom stereocenters. The molecule has 1 heterocycles. The number of likely N-dealkylation sites (N-methyl/N-ethyl adjacent to an activating group) is 2. The van der Waals surface area contributed by atoms with Crippen molar-refractivity contribution in [3.8, 4) is 11.1 Å². The second-order valence-electron chi connectivity index (χ2n) is 12.3. The fourth-order valence-corrected chi connectivity index (χ4v) is 6.24. The summed E-state index contributed by atoms with van der Waals surface area (Å²) >= 11 is 0. The minimum atomic E-state index is -0.372. The highest BCUT2D eigenvalue weighted by Gasteiger charge is 2.35. The maximum absolute atomic E-state index is 13.1. The Morgan fingerprint density at radius 3 is 1.71 bits per heavy atom. The lowest BCUT2D eigenvalue weighted by atomic mass is 10.0. The Hall–Kier alpha value is -3.68. The Labute approximate surface area is 275 Å². The van der Waals surface area contributed by atoms with E-state index in [1.807, 2.05) is 42.5 Å². The van der Waals surface area contributed by atoms with Gasteiger partial charge in [0.1, 0.15) is 6.10 Å². The first-order valence-electron chi connectivity index (χ1n) is 15.9. The summed E-state index contributed by atoms with van der Waals surface area (Å²) in [6.07, 6.45) is 1.30. The number of rotatable bonds is 13. The molecule has 1 amide bonds. The average molecular weight is 627 g/mol. The van der Waals surface area contributed by atoms with Crippen LogP contribution < -0.4 is 17.7 Å². The number of piperidine rings is 1. The van der Waals surface area contributed by atoms with Gasteiger partial charge in [0, 0.05) is 44.6 Å². The molecule has 4 aromatic carbocycles. The summed E-state index contributed by atoms with van der Waals surface area (Å²) in [7, 11) is 4.44.